The molecule has 28 heavy (non-hydrogen) atoms. The fourth-order valence-electron chi connectivity index (χ4n) is 3.92. The van der Waals surface area contributed by atoms with Gasteiger partial charge in [-0.3, -0.25) is 9.59 Å². The predicted octanol–water partition coefficient (Wildman–Crippen LogP) is 4.34. The molecule has 0 saturated heterocycles. The van der Waals surface area contributed by atoms with Crippen molar-refractivity contribution in [3.05, 3.63) is 81.8 Å². The number of hydrogen-bond donors (Lipinski definition) is 2. The third-order valence-electron chi connectivity index (χ3n) is 5.14. The van der Waals surface area contributed by atoms with Gasteiger partial charge in [-0.25, -0.2) is 4.98 Å². The second-order valence-electron chi connectivity index (χ2n) is 6.96. The number of allylic oxidation sites excluding steroid dienone is 3. The first-order valence-corrected chi connectivity index (χ1v) is 9.65. The van der Waals surface area contributed by atoms with E-state index in [0.717, 1.165) is 29.8 Å². The van der Waals surface area contributed by atoms with Gasteiger partial charge in [0.05, 0.1) is 0 Å². The Morgan fingerprint density at radius 3 is 2.71 bits per heavy atom. The third-order valence-corrected chi connectivity index (χ3v) is 5.49. The number of aromatic nitrogens is 1. The molecule has 1 amide bonds. The molecule has 1 aliphatic carbocycles. The molecule has 142 valence electrons. The number of Topliss-reactive ketones (excluding diaryl/α,β-unsaturated/α-hetero) is 1. The van der Waals surface area contributed by atoms with Crippen LogP contribution in [0.5, 0.6) is 0 Å². The van der Waals surface area contributed by atoms with Crippen molar-refractivity contribution >= 4 is 29.1 Å². The van der Waals surface area contributed by atoms with E-state index in [1.54, 1.807) is 30.5 Å². The van der Waals surface area contributed by atoms with Crippen molar-refractivity contribution in [2.75, 3.05) is 5.32 Å². The lowest BCUT2D eigenvalue weighted by atomic mass is 9.75. The zero-order valence-corrected chi connectivity index (χ0v) is 16.2. The molecule has 1 atom stereocenters. The van der Waals surface area contributed by atoms with Crippen LogP contribution in [0, 0.1) is 0 Å². The number of ketones is 1. The van der Waals surface area contributed by atoms with Gasteiger partial charge in [-0.15, -0.1) is 0 Å². The molecule has 0 unspecified atom stereocenters. The van der Waals surface area contributed by atoms with Crippen molar-refractivity contribution in [3.63, 3.8) is 0 Å². The van der Waals surface area contributed by atoms with E-state index in [1.165, 1.54) is 0 Å². The first kappa shape index (κ1) is 18.4. The molecule has 1 aromatic carbocycles. The van der Waals surface area contributed by atoms with Crippen LogP contribution >= 0.6 is 11.6 Å². The quantitative estimate of drug-likeness (QED) is 0.813. The highest BCUT2D eigenvalue weighted by atomic mass is 35.5. The van der Waals surface area contributed by atoms with Crippen LogP contribution in [-0.4, -0.2) is 16.7 Å². The molecule has 2 aliphatic rings. The molecule has 2 N–H and O–H groups in total. The third kappa shape index (κ3) is 3.34. The normalized spacial score (nSPS) is 19.2. The molecular formula is C22H20ClN3O2. The van der Waals surface area contributed by atoms with Crippen LogP contribution < -0.4 is 10.6 Å². The van der Waals surface area contributed by atoms with E-state index in [1.807, 2.05) is 25.1 Å². The topological polar surface area (TPSA) is 71.1 Å². The number of dihydropyridines is 1. The van der Waals surface area contributed by atoms with Gasteiger partial charge >= 0.3 is 0 Å². The maximum atomic E-state index is 13.2. The average Bonchev–Trinajstić information content (AvgIpc) is 2.68. The summed E-state index contributed by atoms with van der Waals surface area (Å²) in [6, 6.07) is 12.7. The molecule has 1 aliphatic heterocycles. The lowest BCUT2D eigenvalue weighted by Crippen LogP contribution is -2.35. The van der Waals surface area contributed by atoms with Crippen LogP contribution in [0.1, 0.15) is 37.7 Å². The summed E-state index contributed by atoms with van der Waals surface area (Å²) in [5.74, 6) is -0.269. The number of nitrogens with zero attached hydrogens (tertiary/aromatic N) is 1. The SMILES string of the molecule is CC1=C(C(=O)Nc2ccccn2)[C@@H](c2ccccc2Cl)C2=C(CCCC2=O)N1. The van der Waals surface area contributed by atoms with Crippen molar-refractivity contribution < 1.29 is 9.59 Å². The van der Waals surface area contributed by atoms with Crippen molar-refractivity contribution in [1.29, 1.82) is 0 Å². The molecule has 0 spiro atoms. The molecule has 2 aromatic rings. The fourth-order valence-corrected chi connectivity index (χ4v) is 4.17. The molecule has 0 bridgehead atoms. The second-order valence-corrected chi connectivity index (χ2v) is 7.36. The van der Waals surface area contributed by atoms with Crippen LogP contribution in [0.4, 0.5) is 5.82 Å². The number of nitrogens with one attached hydrogen (secondary N) is 2. The maximum absolute atomic E-state index is 13.2. The monoisotopic (exact) mass is 393 g/mol. The molecule has 0 radical (unpaired) electrons. The number of carbonyl (C=O) groups excluding carboxylic acids is 2. The Morgan fingerprint density at radius 1 is 1.18 bits per heavy atom. The van der Waals surface area contributed by atoms with Crippen LogP contribution in [0.25, 0.3) is 0 Å². The Balaban J connectivity index is 1.82. The zero-order valence-electron chi connectivity index (χ0n) is 15.5. The Morgan fingerprint density at radius 2 is 1.96 bits per heavy atom. The van der Waals surface area contributed by atoms with E-state index in [0.29, 0.717) is 28.4 Å². The highest BCUT2D eigenvalue weighted by Gasteiger charge is 2.39. The Bertz CT molecular complexity index is 1010. The molecule has 6 heteroatoms. The maximum Gasteiger partial charge on any atom is 0.255 e. The number of hydrogen-bond acceptors (Lipinski definition) is 4. The van der Waals surface area contributed by atoms with Crippen LogP contribution in [0.2, 0.25) is 5.02 Å². The predicted molar refractivity (Wildman–Crippen MR) is 109 cm³/mol. The van der Waals surface area contributed by atoms with Crippen molar-refractivity contribution in [2.24, 2.45) is 0 Å². The van der Waals surface area contributed by atoms with E-state index in [2.05, 4.69) is 15.6 Å². The number of pyridine rings is 1. The number of carbonyl (C=O) groups is 2. The number of amides is 1. The Labute approximate surface area is 168 Å². The molecule has 0 saturated carbocycles. The summed E-state index contributed by atoms with van der Waals surface area (Å²) in [5.41, 5.74) is 3.53. The zero-order chi connectivity index (χ0) is 19.7. The lowest BCUT2D eigenvalue weighted by molar-refractivity contribution is -0.116. The van der Waals surface area contributed by atoms with Crippen LogP contribution in [0.15, 0.2) is 71.2 Å². The largest absolute Gasteiger partial charge is 0.362 e. The van der Waals surface area contributed by atoms with Gasteiger partial charge in [0.25, 0.3) is 5.91 Å². The summed E-state index contributed by atoms with van der Waals surface area (Å²) in [4.78, 5) is 30.2. The first-order valence-electron chi connectivity index (χ1n) is 9.27. The van der Waals surface area contributed by atoms with Gasteiger partial charge in [0.2, 0.25) is 0 Å². The average molecular weight is 394 g/mol. The van der Waals surface area contributed by atoms with E-state index < -0.39 is 5.92 Å². The molecule has 1 aromatic heterocycles. The molecule has 0 fully saturated rings. The van der Waals surface area contributed by atoms with Gasteiger partial charge in [-0.2, -0.15) is 0 Å². The minimum atomic E-state index is -0.499. The highest BCUT2D eigenvalue weighted by molar-refractivity contribution is 6.31. The second kappa shape index (κ2) is 7.60. The van der Waals surface area contributed by atoms with E-state index >= 15 is 0 Å². The summed E-state index contributed by atoms with van der Waals surface area (Å²) < 4.78 is 0. The van der Waals surface area contributed by atoms with Crippen molar-refractivity contribution in [2.45, 2.75) is 32.1 Å². The van der Waals surface area contributed by atoms with Gasteiger partial charge in [0.1, 0.15) is 5.82 Å². The fraction of sp³-hybridized carbons (Fsp3) is 0.227. The van der Waals surface area contributed by atoms with Crippen LogP contribution in [-0.2, 0) is 9.59 Å². The minimum Gasteiger partial charge on any atom is -0.362 e. The first-order chi connectivity index (χ1) is 13.6. The van der Waals surface area contributed by atoms with Gasteiger partial charge < -0.3 is 10.6 Å². The lowest BCUT2D eigenvalue weighted by Gasteiger charge is -2.34. The van der Waals surface area contributed by atoms with Crippen molar-refractivity contribution in [1.82, 2.24) is 10.3 Å². The summed E-state index contributed by atoms with van der Waals surface area (Å²) >= 11 is 6.49. The molecule has 2 heterocycles. The summed E-state index contributed by atoms with van der Waals surface area (Å²) in [5, 5.41) is 6.68. The molecule has 5 nitrogen and oxygen atoms in total. The summed E-state index contributed by atoms with van der Waals surface area (Å²) in [6.07, 6.45) is 3.69. The van der Waals surface area contributed by atoms with Gasteiger partial charge in [0.15, 0.2) is 5.78 Å². The van der Waals surface area contributed by atoms with Gasteiger partial charge in [-0.1, -0.05) is 35.9 Å². The van der Waals surface area contributed by atoms with E-state index in [4.69, 9.17) is 11.6 Å². The van der Waals surface area contributed by atoms with E-state index in [-0.39, 0.29) is 11.7 Å². The molecular weight excluding hydrogens is 374 g/mol. The van der Waals surface area contributed by atoms with Gasteiger partial charge in [-0.05, 0) is 43.5 Å². The highest BCUT2D eigenvalue weighted by Crippen LogP contribution is 2.44. The number of benzene rings is 1. The smallest absolute Gasteiger partial charge is 0.255 e. The van der Waals surface area contributed by atoms with Crippen LogP contribution in [0.3, 0.4) is 0 Å². The Hall–Kier alpha value is -2.92. The standard InChI is InChI=1S/C22H20ClN3O2/c1-13-19(22(28)26-18-11-4-5-12-24-18)20(14-7-2-3-8-15(14)23)21-16(25-13)9-6-10-17(21)27/h2-5,7-8,11-12,20,25H,6,9-10H2,1H3,(H,24,26,28)/t20-/m1/s1. The molecule has 4 rings (SSSR count). The summed E-state index contributed by atoms with van der Waals surface area (Å²) in [6.45, 7) is 1.86. The number of rotatable bonds is 3. The minimum absolute atomic E-state index is 0.0642. The summed E-state index contributed by atoms with van der Waals surface area (Å²) in [7, 11) is 0. The van der Waals surface area contributed by atoms with E-state index in [9.17, 15) is 9.59 Å². The van der Waals surface area contributed by atoms with Crippen molar-refractivity contribution in [3.8, 4) is 0 Å². The number of anilines is 1. The Kier molecular flexibility index (Phi) is 5.01. The number of halogens is 1. The van der Waals surface area contributed by atoms with Gasteiger partial charge in [0, 0.05) is 46.1 Å².